The van der Waals surface area contributed by atoms with Crippen LogP contribution in [0.1, 0.15) is 68.9 Å². The minimum atomic E-state index is -0.564. The Bertz CT molecular complexity index is 1990. The third-order valence-electron chi connectivity index (χ3n) is 9.57. The number of amides is 2. The van der Waals surface area contributed by atoms with Crippen LogP contribution < -0.4 is 4.74 Å². The quantitative estimate of drug-likeness (QED) is 0.179. The van der Waals surface area contributed by atoms with Gasteiger partial charge in [-0.3, -0.25) is 23.9 Å². The molecule has 1 atom stereocenters. The van der Waals surface area contributed by atoms with E-state index in [-0.39, 0.29) is 24.0 Å². The molecule has 1 saturated carbocycles. The van der Waals surface area contributed by atoms with E-state index in [0.717, 1.165) is 46.1 Å². The highest BCUT2D eigenvalue weighted by atomic mass is 35.5. The van der Waals surface area contributed by atoms with E-state index in [0.29, 0.717) is 41.8 Å². The second-order valence-corrected chi connectivity index (χ2v) is 14.2. The van der Waals surface area contributed by atoms with Gasteiger partial charge in [-0.15, -0.1) is 21.5 Å². The Morgan fingerprint density at radius 2 is 1.73 bits per heavy atom. The maximum absolute atomic E-state index is 14.0. The number of rotatable bonds is 7. The number of carbonyl (C=O) groups is 3. The smallest absolute Gasteiger partial charge is 0.247 e. The molecule has 7 rings (SSSR count). The molecule has 246 valence electrons. The normalized spacial score (nSPS) is 17.9. The largest absolute Gasteiger partial charge is 0.497 e. The summed E-state index contributed by atoms with van der Waals surface area (Å²) in [4.78, 5) is 50.1. The SMILES string of the molecule is COc1ccc(C(=O)/C=C/C(=O)N2CCN(C(=O)C[C@@H]3N=C(c4ccc(Cl)cc4)c4c(sc(C)c4C)-n4c(C)nnc43)CC23CC3)cc1. The molecular weight excluding hydrogens is 648 g/mol. The predicted octanol–water partition coefficient (Wildman–Crippen LogP) is 5.84. The second kappa shape index (κ2) is 12.4. The van der Waals surface area contributed by atoms with Crippen LogP contribution in [0.15, 0.2) is 65.7 Å². The number of hydrogen-bond acceptors (Lipinski definition) is 8. The first-order chi connectivity index (χ1) is 23.1. The van der Waals surface area contributed by atoms with E-state index in [1.54, 1.807) is 42.7 Å². The number of aryl methyl sites for hydroxylation is 2. The lowest BCUT2D eigenvalue weighted by Crippen LogP contribution is -2.58. The minimum Gasteiger partial charge on any atom is -0.497 e. The number of benzene rings is 2. The Kier molecular flexibility index (Phi) is 8.29. The van der Waals surface area contributed by atoms with Crippen LogP contribution in [0.2, 0.25) is 5.02 Å². The molecule has 48 heavy (non-hydrogen) atoms. The average molecular weight is 683 g/mol. The lowest BCUT2D eigenvalue weighted by Gasteiger charge is -2.42. The van der Waals surface area contributed by atoms with Gasteiger partial charge in [-0.05, 0) is 81.7 Å². The summed E-state index contributed by atoms with van der Waals surface area (Å²) in [6.07, 6.45) is 4.39. The van der Waals surface area contributed by atoms with E-state index >= 15 is 0 Å². The number of aliphatic imine (C=N–C) groups is 1. The number of ether oxygens (including phenoxy) is 1. The van der Waals surface area contributed by atoms with Crippen molar-refractivity contribution in [2.24, 2.45) is 4.99 Å². The lowest BCUT2D eigenvalue weighted by molar-refractivity contribution is -0.141. The zero-order valence-corrected chi connectivity index (χ0v) is 28.8. The highest BCUT2D eigenvalue weighted by Crippen LogP contribution is 2.45. The van der Waals surface area contributed by atoms with Gasteiger partial charge in [0.15, 0.2) is 11.6 Å². The van der Waals surface area contributed by atoms with E-state index in [9.17, 15) is 14.4 Å². The number of ketones is 1. The van der Waals surface area contributed by atoms with Crippen LogP contribution in [0.4, 0.5) is 0 Å². The molecule has 1 spiro atoms. The van der Waals surface area contributed by atoms with Crippen molar-refractivity contribution in [3.63, 3.8) is 0 Å². The summed E-state index contributed by atoms with van der Waals surface area (Å²) in [5.41, 5.74) is 3.92. The van der Waals surface area contributed by atoms with Gasteiger partial charge in [-0.1, -0.05) is 23.7 Å². The first kappa shape index (κ1) is 32.0. The number of methoxy groups -OCH3 is 1. The summed E-state index contributed by atoms with van der Waals surface area (Å²) in [7, 11) is 1.56. The number of thiophene rings is 1. The molecular formula is C36H35ClN6O4S. The van der Waals surface area contributed by atoms with Gasteiger partial charge in [0.1, 0.15) is 22.6 Å². The number of carbonyl (C=O) groups excluding carboxylic acids is 3. The van der Waals surface area contributed by atoms with E-state index in [1.165, 1.54) is 17.0 Å². The molecule has 0 N–H and O–H groups in total. The number of allylic oxidation sites excluding steroid dienone is 1. The molecule has 3 aliphatic rings. The molecule has 2 aliphatic heterocycles. The molecule has 2 aromatic carbocycles. The zero-order chi connectivity index (χ0) is 33.7. The highest BCUT2D eigenvalue weighted by molar-refractivity contribution is 7.15. The molecule has 4 heterocycles. The fourth-order valence-electron chi connectivity index (χ4n) is 6.62. The molecule has 0 bridgehead atoms. The molecule has 2 amide bonds. The van der Waals surface area contributed by atoms with Gasteiger partial charge in [-0.2, -0.15) is 0 Å². The van der Waals surface area contributed by atoms with Crippen molar-refractivity contribution in [1.82, 2.24) is 24.6 Å². The number of hydrogen-bond donors (Lipinski definition) is 0. The molecule has 0 radical (unpaired) electrons. The predicted molar refractivity (Wildman–Crippen MR) is 185 cm³/mol. The molecule has 2 fully saturated rings. The van der Waals surface area contributed by atoms with E-state index in [4.69, 9.17) is 21.3 Å². The number of piperazine rings is 1. The molecule has 4 aromatic rings. The van der Waals surface area contributed by atoms with Crippen LogP contribution in [-0.2, 0) is 9.59 Å². The minimum absolute atomic E-state index is 0.0480. The Morgan fingerprint density at radius 1 is 1.00 bits per heavy atom. The average Bonchev–Trinajstić information content (AvgIpc) is 3.68. The van der Waals surface area contributed by atoms with Gasteiger partial charge in [-0.25, -0.2) is 0 Å². The van der Waals surface area contributed by atoms with Crippen LogP contribution in [0.5, 0.6) is 5.75 Å². The highest BCUT2D eigenvalue weighted by Gasteiger charge is 2.53. The van der Waals surface area contributed by atoms with Crippen molar-refractivity contribution in [2.75, 3.05) is 26.7 Å². The molecule has 1 saturated heterocycles. The van der Waals surface area contributed by atoms with Gasteiger partial charge in [0, 0.05) is 52.3 Å². The summed E-state index contributed by atoms with van der Waals surface area (Å²) in [6.45, 7) is 7.34. The van der Waals surface area contributed by atoms with Crippen molar-refractivity contribution >= 4 is 46.2 Å². The fraction of sp³-hybridized carbons (Fsp3) is 0.333. The van der Waals surface area contributed by atoms with Gasteiger partial charge >= 0.3 is 0 Å². The first-order valence-electron chi connectivity index (χ1n) is 15.9. The Balaban J connectivity index is 1.11. The van der Waals surface area contributed by atoms with E-state index < -0.39 is 11.6 Å². The molecule has 0 unspecified atom stereocenters. The summed E-state index contributed by atoms with van der Waals surface area (Å²) < 4.78 is 7.20. The lowest BCUT2D eigenvalue weighted by atomic mass is 9.99. The topological polar surface area (TPSA) is 110 Å². The first-order valence-corrected chi connectivity index (χ1v) is 17.1. The number of nitrogens with zero attached hydrogens (tertiary/aromatic N) is 6. The van der Waals surface area contributed by atoms with Gasteiger partial charge < -0.3 is 14.5 Å². The maximum atomic E-state index is 14.0. The zero-order valence-electron chi connectivity index (χ0n) is 27.2. The molecule has 1 aliphatic carbocycles. The Hall–Kier alpha value is -4.61. The Morgan fingerprint density at radius 3 is 2.42 bits per heavy atom. The van der Waals surface area contributed by atoms with Crippen molar-refractivity contribution in [2.45, 2.75) is 51.6 Å². The van der Waals surface area contributed by atoms with E-state index in [2.05, 4.69) is 24.0 Å². The van der Waals surface area contributed by atoms with Crippen LogP contribution in [-0.4, -0.2) is 80.2 Å². The van der Waals surface area contributed by atoms with Gasteiger partial charge in [0.05, 0.1) is 24.8 Å². The van der Waals surface area contributed by atoms with Crippen molar-refractivity contribution < 1.29 is 19.1 Å². The number of fused-ring (bicyclic) bond motifs is 3. The van der Waals surface area contributed by atoms with Crippen molar-refractivity contribution in [3.8, 4) is 10.8 Å². The maximum Gasteiger partial charge on any atom is 0.247 e. The van der Waals surface area contributed by atoms with Crippen molar-refractivity contribution in [1.29, 1.82) is 0 Å². The summed E-state index contributed by atoms with van der Waals surface area (Å²) in [5, 5.41) is 10.6. The van der Waals surface area contributed by atoms with Gasteiger partial charge in [0.25, 0.3) is 0 Å². The third-order valence-corrected chi connectivity index (χ3v) is 11.0. The fourth-order valence-corrected chi connectivity index (χ4v) is 7.96. The van der Waals surface area contributed by atoms with Crippen LogP contribution in [0.25, 0.3) is 5.00 Å². The van der Waals surface area contributed by atoms with Crippen LogP contribution in [0.3, 0.4) is 0 Å². The van der Waals surface area contributed by atoms with Crippen LogP contribution >= 0.6 is 22.9 Å². The number of aromatic nitrogens is 3. The molecule has 12 heteroatoms. The van der Waals surface area contributed by atoms with Gasteiger partial charge in [0.2, 0.25) is 11.8 Å². The monoisotopic (exact) mass is 682 g/mol. The second-order valence-electron chi connectivity index (χ2n) is 12.6. The summed E-state index contributed by atoms with van der Waals surface area (Å²) in [5.74, 6) is 1.50. The summed E-state index contributed by atoms with van der Waals surface area (Å²) >= 11 is 7.92. The Labute approximate surface area is 287 Å². The summed E-state index contributed by atoms with van der Waals surface area (Å²) in [6, 6.07) is 13.8. The molecule has 10 nitrogen and oxygen atoms in total. The van der Waals surface area contributed by atoms with Crippen molar-refractivity contribution in [3.05, 3.63) is 104 Å². The molecule has 2 aromatic heterocycles. The third kappa shape index (κ3) is 5.75. The van der Waals surface area contributed by atoms with Crippen LogP contribution in [0, 0.1) is 20.8 Å². The van der Waals surface area contributed by atoms with E-state index in [1.807, 2.05) is 45.6 Å². The standard InChI is InChI=1S/C36H35ClN6O4S/c1-21-22(2)48-35-32(21)33(25-5-9-26(37)10-6-25)38-28(34-40-39-23(3)43(34)35)19-31(46)41-17-18-42(36(20-41)15-16-36)30(45)14-13-29(44)24-7-11-27(47-4)12-8-24/h5-14,28H,15-20H2,1-4H3/b14-13+/t28-/m0/s1. The number of halogens is 1.